The van der Waals surface area contributed by atoms with Crippen LogP contribution in [0.4, 0.5) is 26.3 Å². The summed E-state index contributed by atoms with van der Waals surface area (Å²) in [5, 5.41) is 0. The third kappa shape index (κ3) is 6.29. The van der Waals surface area contributed by atoms with Crippen molar-refractivity contribution in [3.05, 3.63) is 0 Å². The van der Waals surface area contributed by atoms with Crippen molar-refractivity contribution in [1.82, 2.24) is 0 Å². The highest BCUT2D eigenvalue weighted by Gasteiger charge is 2.66. The van der Waals surface area contributed by atoms with E-state index in [-0.39, 0.29) is 31.1 Å². The van der Waals surface area contributed by atoms with E-state index in [2.05, 4.69) is 4.74 Å². The van der Waals surface area contributed by atoms with Gasteiger partial charge in [0, 0.05) is 12.8 Å². The molecule has 0 N–H and O–H groups in total. The highest BCUT2D eigenvalue weighted by molar-refractivity contribution is 5.83. The fraction of sp³-hybridized carbons (Fsp3) is 0.875. The van der Waals surface area contributed by atoms with Gasteiger partial charge < -0.3 is 28.4 Å². The Bertz CT molecular complexity index is 953. The summed E-state index contributed by atoms with van der Waals surface area (Å²) in [7, 11) is 0. The molecular weight excluding hydrogens is 546 g/mol. The SMILES string of the molecule is CC(CC(C)(C)C)C(=O)OC1C(=O)OC2C3OC4(CCC(C(=O)OC(C(F)(F)F)C(F)(F)F)CC4)OC3OC12. The average Bonchev–Trinajstić information content (AvgIpc) is 3.37. The van der Waals surface area contributed by atoms with Crippen LogP contribution < -0.4 is 0 Å². The average molecular weight is 576 g/mol. The van der Waals surface area contributed by atoms with Crippen LogP contribution in [0.1, 0.15) is 59.8 Å². The van der Waals surface area contributed by atoms with Crippen LogP contribution in [-0.4, -0.2) is 72.9 Å². The Kier molecular flexibility index (Phi) is 7.69. The van der Waals surface area contributed by atoms with Gasteiger partial charge >= 0.3 is 30.3 Å². The Labute approximate surface area is 219 Å². The van der Waals surface area contributed by atoms with Gasteiger partial charge in [0.1, 0.15) is 6.10 Å². The molecule has 3 aliphatic heterocycles. The molecule has 0 amide bonds. The summed E-state index contributed by atoms with van der Waals surface area (Å²) < 4.78 is 109. The highest BCUT2D eigenvalue weighted by atomic mass is 19.4. The van der Waals surface area contributed by atoms with Crippen molar-refractivity contribution in [3.8, 4) is 0 Å². The topological polar surface area (TPSA) is 107 Å². The molecule has 0 bridgehead atoms. The molecule has 6 unspecified atom stereocenters. The highest BCUT2D eigenvalue weighted by Crippen LogP contribution is 2.49. The van der Waals surface area contributed by atoms with Gasteiger partial charge in [0.05, 0.1) is 11.8 Å². The summed E-state index contributed by atoms with van der Waals surface area (Å²) in [6.45, 7) is 7.56. The zero-order valence-electron chi connectivity index (χ0n) is 21.6. The number of esters is 3. The van der Waals surface area contributed by atoms with Crippen molar-refractivity contribution in [2.75, 3.05) is 0 Å². The second-order valence-corrected chi connectivity index (χ2v) is 11.7. The van der Waals surface area contributed by atoms with E-state index in [9.17, 15) is 40.7 Å². The zero-order valence-corrected chi connectivity index (χ0v) is 21.6. The number of alkyl halides is 6. The van der Waals surface area contributed by atoms with Crippen molar-refractivity contribution < 1.29 is 69.1 Å². The van der Waals surface area contributed by atoms with Gasteiger partial charge in [-0.2, -0.15) is 26.3 Å². The Morgan fingerprint density at radius 1 is 0.974 bits per heavy atom. The largest absolute Gasteiger partial charge is 0.454 e. The van der Waals surface area contributed by atoms with E-state index in [0.29, 0.717) is 6.42 Å². The van der Waals surface area contributed by atoms with Crippen LogP contribution in [0.25, 0.3) is 0 Å². The molecule has 4 rings (SSSR count). The lowest BCUT2D eigenvalue weighted by molar-refractivity contribution is -0.315. The van der Waals surface area contributed by atoms with Gasteiger partial charge in [-0.05, 0) is 24.7 Å². The molecule has 39 heavy (non-hydrogen) atoms. The van der Waals surface area contributed by atoms with Crippen molar-refractivity contribution in [3.63, 3.8) is 0 Å². The fourth-order valence-electron chi connectivity index (χ4n) is 5.49. The van der Waals surface area contributed by atoms with Crippen molar-refractivity contribution in [1.29, 1.82) is 0 Å². The number of fused-ring (bicyclic) bond motifs is 3. The van der Waals surface area contributed by atoms with Gasteiger partial charge in [-0.1, -0.05) is 27.7 Å². The van der Waals surface area contributed by atoms with E-state index in [1.165, 1.54) is 0 Å². The maximum Gasteiger partial charge on any atom is 0.434 e. The van der Waals surface area contributed by atoms with Crippen LogP contribution in [0.2, 0.25) is 0 Å². The van der Waals surface area contributed by atoms with Gasteiger partial charge in [-0.15, -0.1) is 0 Å². The standard InChI is InChI=1S/C24H30F6O9/c1-10(9-21(2,3)4)16(31)35-14-12-13(34-18(14)33)15-19(36-12)39-22(38-15)7-5-11(6-8-22)17(32)37-20(23(25,26)27)24(28,29)30/h10-15,19-20H,5-9H2,1-4H3. The predicted octanol–water partition coefficient (Wildman–Crippen LogP) is 3.96. The summed E-state index contributed by atoms with van der Waals surface area (Å²) in [5.41, 5.74) is -0.151. The molecule has 1 spiro atoms. The summed E-state index contributed by atoms with van der Waals surface area (Å²) in [4.78, 5) is 37.1. The Morgan fingerprint density at radius 3 is 2.10 bits per heavy atom. The Morgan fingerprint density at radius 2 is 1.56 bits per heavy atom. The third-order valence-electron chi connectivity index (χ3n) is 7.15. The number of hydrogen-bond acceptors (Lipinski definition) is 9. The van der Waals surface area contributed by atoms with Gasteiger partial charge in [-0.25, -0.2) is 4.79 Å². The summed E-state index contributed by atoms with van der Waals surface area (Å²) in [6.07, 6.45) is -20.9. The number of rotatable bonds is 5. The molecule has 4 aliphatic rings. The number of hydrogen-bond donors (Lipinski definition) is 0. The second-order valence-electron chi connectivity index (χ2n) is 11.7. The summed E-state index contributed by atoms with van der Waals surface area (Å²) in [6, 6.07) is 0. The second kappa shape index (κ2) is 10.1. The van der Waals surface area contributed by atoms with Crippen LogP contribution >= 0.6 is 0 Å². The molecular formula is C24H30F6O9. The molecule has 15 heteroatoms. The van der Waals surface area contributed by atoms with Crippen LogP contribution in [-0.2, 0) is 42.8 Å². The normalized spacial score (nSPS) is 35.5. The molecule has 6 atom stereocenters. The van der Waals surface area contributed by atoms with E-state index in [4.69, 9.17) is 23.7 Å². The maximum absolute atomic E-state index is 12.7. The molecule has 0 aromatic rings. The van der Waals surface area contributed by atoms with Crippen molar-refractivity contribution in [2.45, 2.75) is 115 Å². The molecule has 222 valence electrons. The Balaban J connectivity index is 1.32. The van der Waals surface area contributed by atoms with Crippen molar-refractivity contribution >= 4 is 17.9 Å². The first-order valence-electron chi connectivity index (χ1n) is 12.6. The van der Waals surface area contributed by atoms with E-state index < -0.39 is 84.7 Å². The minimum atomic E-state index is -5.80. The first kappa shape index (κ1) is 29.8. The third-order valence-corrected chi connectivity index (χ3v) is 7.15. The predicted molar refractivity (Wildman–Crippen MR) is 114 cm³/mol. The Hall–Kier alpha value is -2.13. The first-order valence-corrected chi connectivity index (χ1v) is 12.6. The zero-order chi connectivity index (χ0) is 29.1. The van der Waals surface area contributed by atoms with E-state index in [1.807, 2.05) is 20.8 Å². The minimum absolute atomic E-state index is 0.0557. The maximum atomic E-state index is 12.7. The molecule has 9 nitrogen and oxygen atoms in total. The van der Waals surface area contributed by atoms with Crippen LogP contribution in [0, 0.1) is 17.3 Å². The number of carbonyl (C=O) groups excluding carboxylic acids is 3. The van der Waals surface area contributed by atoms with E-state index >= 15 is 0 Å². The van der Waals surface area contributed by atoms with Gasteiger partial charge in [-0.3, -0.25) is 9.59 Å². The molecule has 3 heterocycles. The van der Waals surface area contributed by atoms with Crippen LogP contribution in [0.5, 0.6) is 0 Å². The van der Waals surface area contributed by atoms with Gasteiger partial charge in [0.2, 0.25) is 6.10 Å². The summed E-state index contributed by atoms with van der Waals surface area (Å²) in [5.74, 6) is -6.07. The summed E-state index contributed by atoms with van der Waals surface area (Å²) >= 11 is 0. The molecule has 1 saturated carbocycles. The van der Waals surface area contributed by atoms with Gasteiger partial charge in [0.15, 0.2) is 24.3 Å². The minimum Gasteiger partial charge on any atom is -0.454 e. The molecule has 0 aromatic carbocycles. The number of carbonyl (C=O) groups is 3. The number of ether oxygens (including phenoxy) is 6. The number of halogens is 6. The van der Waals surface area contributed by atoms with E-state index in [0.717, 1.165) is 0 Å². The lowest BCUT2D eigenvalue weighted by atomic mass is 9.85. The quantitative estimate of drug-likeness (QED) is 0.273. The smallest absolute Gasteiger partial charge is 0.434 e. The van der Waals surface area contributed by atoms with Gasteiger partial charge in [0.25, 0.3) is 6.10 Å². The molecule has 1 aliphatic carbocycles. The molecule has 4 fully saturated rings. The first-order chi connectivity index (χ1) is 17.8. The van der Waals surface area contributed by atoms with Crippen molar-refractivity contribution in [2.24, 2.45) is 17.3 Å². The van der Waals surface area contributed by atoms with Crippen LogP contribution in [0.15, 0.2) is 0 Å². The molecule has 0 radical (unpaired) electrons. The lowest BCUT2D eigenvalue weighted by Gasteiger charge is -2.36. The lowest BCUT2D eigenvalue weighted by Crippen LogP contribution is -2.47. The monoisotopic (exact) mass is 576 g/mol. The van der Waals surface area contributed by atoms with E-state index in [1.54, 1.807) is 6.92 Å². The fourth-order valence-corrected chi connectivity index (χ4v) is 5.49. The van der Waals surface area contributed by atoms with Crippen LogP contribution in [0.3, 0.4) is 0 Å². The molecule has 3 saturated heterocycles. The molecule has 0 aromatic heterocycles.